The van der Waals surface area contributed by atoms with Gasteiger partial charge in [-0.25, -0.2) is 9.18 Å². The Morgan fingerprint density at radius 1 is 1.09 bits per heavy atom. The van der Waals surface area contributed by atoms with E-state index in [-0.39, 0.29) is 19.1 Å². The largest absolute Gasteiger partial charge is 0.481 e. The van der Waals surface area contributed by atoms with Crippen LogP contribution in [-0.4, -0.2) is 59.9 Å². The van der Waals surface area contributed by atoms with Crippen LogP contribution in [0.3, 0.4) is 0 Å². The third-order valence-corrected chi connectivity index (χ3v) is 5.99. The number of alkyl halides is 1. The number of rotatable bonds is 6. The molecule has 1 fully saturated rings. The first kappa shape index (κ1) is 21.8. The molecule has 0 radical (unpaired) electrons. The first-order chi connectivity index (χ1) is 15.4. The molecule has 8 heteroatoms. The van der Waals surface area contributed by atoms with Crippen LogP contribution in [0.2, 0.25) is 0 Å². The Bertz CT molecular complexity index is 981. The number of fused-ring (bicyclic) bond motifs is 3. The molecule has 7 nitrogen and oxygen atoms in total. The molecule has 1 aliphatic heterocycles. The van der Waals surface area contributed by atoms with Crippen molar-refractivity contribution in [2.24, 2.45) is 0 Å². The first-order valence-corrected chi connectivity index (χ1v) is 10.7. The summed E-state index contributed by atoms with van der Waals surface area (Å²) in [6, 6.07) is 14.5. The molecular weight excluding hydrogens is 415 g/mol. The topological polar surface area (TPSA) is 95.9 Å². The summed E-state index contributed by atoms with van der Waals surface area (Å²) in [5.41, 5.74) is 4.26. The molecule has 32 heavy (non-hydrogen) atoms. The molecule has 1 aliphatic carbocycles. The fourth-order valence-electron chi connectivity index (χ4n) is 4.50. The molecule has 0 spiro atoms. The maximum atomic E-state index is 13.7. The molecule has 2 N–H and O–H groups in total. The minimum Gasteiger partial charge on any atom is -0.481 e. The van der Waals surface area contributed by atoms with Gasteiger partial charge in [0.1, 0.15) is 18.8 Å². The number of nitrogens with zero attached hydrogens (tertiary/aromatic N) is 1. The zero-order valence-electron chi connectivity index (χ0n) is 17.5. The van der Waals surface area contributed by atoms with Gasteiger partial charge in [-0.1, -0.05) is 48.5 Å². The fourth-order valence-corrected chi connectivity index (χ4v) is 4.50. The monoisotopic (exact) mass is 440 g/mol. The van der Waals surface area contributed by atoms with Crippen molar-refractivity contribution in [1.29, 1.82) is 0 Å². The van der Waals surface area contributed by atoms with Crippen LogP contribution in [0, 0.1) is 0 Å². The number of ether oxygens (including phenoxy) is 1. The van der Waals surface area contributed by atoms with Crippen molar-refractivity contribution in [2.75, 3.05) is 19.7 Å². The number of halogens is 1. The number of alkyl carbamates (subject to hydrolysis) is 1. The third-order valence-electron chi connectivity index (χ3n) is 5.99. The van der Waals surface area contributed by atoms with Crippen molar-refractivity contribution in [2.45, 2.75) is 37.4 Å². The van der Waals surface area contributed by atoms with Crippen LogP contribution >= 0.6 is 0 Å². The summed E-state index contributed by atoms with van der Waals surface area (Å²) in [6.07, 6.45) is -1.76. The maximum absolute atomic E-state index is 13.7. The van der Waals surface area contributed by atoms with Gasteiger partial charge in [-0.15, -0.1) is 0 Å². The van der Waals surface area contributed by atoms with Crippen LogP contribution in [0.25, 0.3) is 11.1 Å². The summed E-state index contributed by atoms with van der Waals surface area (Å²) >= 11 is 0. The van der Waals surface area contributed by atoms with E-state index >= 15 is 0 Å². The summed E-state index contributed by atoms with van der Waals surface area (Å²) in [4.78, 5) is 37.7. The van der Waals surface area contributed by atoms with Gasteiger partial charge >= 0.3 is 12.1 Å². The predicted molar refractivity (Wildman–Crippen MR) is 115 cm³/mol. The summed E-state index contributed by atoms with van der Waals surface area (Å²) in [6.45, 7) is 0.285. The van der Waals surface area contributed by atoms with Gasteiger partial charge in [0.2, 0.25) is 5.91 Å². The molecule has 2 aromatic rings. The van der Waals surface area contributed by atoms with Crippen LogP contribution in [0.15, 0.2) is 48.5 Å². The van der Waals surface area contributed by atoms with Crippen LogP contribution in [0.1, 0.15) is 36.3 Å². The number of carbonyl (C=O) groups excluding carboxylic acids is 2. The number of benzene rings is 2. The number of piperidine rings is 1. The van der Waals surface area contributed by atoms with Crippen molar-refractivity contribution in [3.63, 3.8) is 0 Å². The first-order valence-electron chi connectivity index (χ1n) is 10.7. The second kappa shape index (κ2) is 9.38. The number of carboxylic acids is 1. The minimum atomic E-state index is -1.31. The number of carboxylic acid groups (broad SMARTS) is 1. The highest BCUT2D eigenvalue weighted by Crippen LogP contribution is 2.44. The van der Waals surface area contributed by atoms with E-state index in [1.54, 1.807) is 0 Å². The van der Waals surface area contributed by atoms with E-state index in [0.29, 0.717) is 19.4 Å². The summed E-state index contributed by atoms with van der Waals surface area (Å²) in [5, 5.41) is 11.6. The van der Waals surface area contributed by atoms with Gasteiger partial charge in [-0.3, -0.25) is 9.59 Å². The summed E-state index contributed by atoms with van der Waals surface area (Å²) < 4.78 is 19.1. The maximum Gasteiger partial charge on any atom is 0.407 e. The molecule has 2 aliphatic rings. The number of aliphatic carboxylic acids is 1. The van der Waals surface area contributed by atoms with E-state index in [4.69, 9.17) is 4.74 Å². The van der Waals surface area contributed by atoms with E-state index < -0.39 is 36.6 Å². The van der Waals surface area contributed by atoms with E-state index in [9.17, 15) is 23.9 Å². The lowest BCUT2D eigenvalue weighted by Crippen LogP contribution is -2.52. The van der Waals surface area contributed by atoms with Crippen molar-refractivity contribution in [3.05, 3.63) is 59.7 Å². The van der Waals surface area contributed by atoms with Crippen LogP contribution < -0.4 is 5.32 Å². The van der Waals surface area contributed by atoms with E-state index in [1.807, 2.05) is 48.5 Å². The standard InChI is InChI=1S/C24H25FN2O5/c25-15-6-5-11-27(13-15)23(30)21(12-22(28)29)26-24(31)32-14-20-18-9-3-1-7-16(18)17-8-2-4-10-19(17)20/h1-4,7-10,15,20-21H,5-6,11-14H2,(H,26,31)(H,28,29). The minimum absolute atomic E-state index is 0.0457. The van der Waals surface area contributed by atoms with E-state index in [0.717, 1.165) is 22.3 Å². The van der Waals surface area contributed by atoms with Crippen LogP contribution in [0.4, 0.5) is 9.18 Å². The highest BCUT2D eigenvalue weighted by molar-refractivity contribution is 5.89. The van der Waals surface area contributed by atoms with Gasteiger partial charge < -0.3 is 20.1 Å². The van der Waals surface area contributed by atoms with Gasteiger partial charge in [0, 0.05) is 12.5 Å². The van der Waals surface area contributed by atoms with E-state index in [2.05, 4.69) is 5.32 Å². The second-order valence-electron chi connectivity index (χ2n) is 8.14. The normalized spacial score (nSPS) is 18.4. The number of carbonyl (C=O) groups is 3. The van der Waals surface area contributed by atoms with Gasteiger partial charge in [0.05, 0.1) is 13.0 Å². The quantitative estimate of drug-likeness (QED) is 0.718. The zero-order valence-corrected chi connectivity index (χ0v) is 17.5. The molecule has 168 valence electrons. The molecular formula is C24H25FN2O5. The Morgan fingerprint density at radius 2 is 1.72 bits per heavy atom. The average molecular weight is 440 g/mol. The SMILES string of the molecule is O=C(O)CC(NC(=O)OCC1c2ccccc2-c2ccccc21)C(=O)N1CCCC(F)C1. The van der Waals surface area contributed by atoms with Crippen molar-refractivity contribution >= 4 is 18.0 Å². The molecule has 1 heterocycles. The summed E-state index contributed by atoms with van der Waals surface area (Å²) in [7, 11) is 0. The van der Waals surface area contributed by atoms with Crippen molar-refractivity contribution in [1.82, 2.24) is 10.2 Å². The fraction of sp³-hybridized carbons (Fsp3) is 0.375. The number of amides is 2. The Balaban J connectivity index is 1.43. The third kappa shape index (κ3) is 4.59. The Morgan fingerprint density at radius 3 is 2.31 bits per heavy atom. The zero-order chi connectivity index (χ0) is 22.7. The van der Waals surface area contributed by atoms with Crippen molar-refractivity contribution < 1.29 is 28.6 Å². The lowest BCUT2D eigenvalue weighted by molar-refractivity contribution is -0.143. The smallest absolute Gasteiger partial charge is 0.407 e. The van der Waals surface area contributed by atoms with Gasteiger partial charge in [-0.05, 0) is 35.1 Å². The molecule has 1 saturated heterocycles. The molecule has 2 amide bonds. The number of nitrogens with one attached hydrogen (secondary N) is 1. The van der Waals surface area contributed by atoms with Gasteiger partial charge in [0.25, 0.3) is 0 Å². The lowest BCUT2D eigenvalue weighted by Gasteiger charge is -2.31. The van der Waals surface area contributed by atoms with Gasteiger partial charge in [0.15, 0.2) is 0 Å². The molecule has 0 bridgehead atoms. The molecule has 2 aromatic carbocycles. The highest BCUT2D eigenvalue weighted by atomic mass is 19.1. The Kier molecular flexibility index (Phi) is 6.39. The number of hydrogen-bond donors (Lipinski definition) is 2. The molecule has 2 atom stereocenters. The van der Waals surface area contributed by atoms with Crippen LogP contribution in [-0.2, 0) is 14.3 Å². The molecule has 0 aromatic heterocycles. The average Bonchev–Trinajstić information content (AvgIpc) is 3.10. The predicted octanol–water partition coefficient (Wildman–Crippen LogP) is 3.33. The molecule has 0 saturated carbocycles. The number of likely N-dealkylation sites (tertiary alicyclic amines) is 1. The van der Waals surface area contributed by atoms with E-state index in [1.165, 1.54) is 4.90 Å². The van der Waals surface area contributed by atoms with Crippen LogP contribution in [0.5, 0.6) is 0 Å². The van der Waals surface area contributed by atoms with Crippen molar-refractivity contribution in [3.8, 4) is 11.1 Å². The second-order valence-corrected chi connectivity index (χ2v) is 8.14. The molecule has 2 unspecified atom stereocenters. The van der Waals surface area contributed by atoms with Gasteiger partial charge in [-0.2, -0.15) is 0 Å². The molecule has 4 rings (SSSR count). The highest BCUT2D eigenvalue weighted by Gasteiger charge is 2.33. The lowest BCUT2D eigenvalue weighted by atomic mass is 9.98. The Hall–Kier alpha value is -3.42. The number of hydrogen-bond acceptors (Lipinski definition) is 4. The summed E-state index contributed by atoms with van der Waals surface area (Å²) in [5.74, 6) is -2.00. The Labute approximate surface area is 185 Å².